The van der Waals surface area contributed by atoms with E-state index in [-0.39, 0.29) is 5.91 Å². The Hall–Kier alpha value is -3.15. The number of hydrogen-bond acceptors (Lipinski definition) is 3. The third kappa shape index (κ3) is 2.02. The summed E-state index contributed by atoms with van der Waals surface area (Å²) in [6, 6.07) is 12.9. The summed E-state index contributed by atoms with van der Waals surface area (Å²) in [7, 11) is 0. The number of aromatic nitrogens is 4. The lowest BCUT2D eigenvalue weighted by atomic mass is 10.1. The molecule has 0 aliphatic rings. The van der Waals surface area contributed by atoms with Crippen molar-refractivity contribution in [2.45, 2.75) is 0 Å². The highest BCUT2D eigenvalue weighted by molar-refractivity contribution is 6.06. The second-order valence-electron chi connectivity index (χ2n) is 4.76. The minimum absolute atomic E-state index is 0.158. The number of amides is 1. The molecule has 4 rings (SSSR count). The van der Waals surface area contributed by atoms with Crippen LogP contribution in [0.1, 0.15) is 10.4 Å². The molecule has 2 aromatic carbocycles. The van der Waals surface area contributed by atoms with Gasteiger partial charge in [-0.3, -0.25) is 4.79 Å². The molecule has 3 N–H and O–H groups in total. The van der Waals surface area contributed by atoms with Gasteiger partial charge in [0.2, 0.25) is 0 Å². The van der Waals surface area contributed by atoms with E-state index in [4.69, 9.17) is 0 Å². The van der Waals surface area contributed by atoms with E-state index >= 15 is 0 Å². The highest BCUT2D eigenvalue weighted by atomic mass is 16.1. The Balaban J connectivity index is 1.64. The normalized spacial score (nSPS) is 11.0. The van der Waals surface area contributed by atoms with E-state index in [0.717, 1.165) is 16.4 Å². The largest absolute Gasteiger partial charge is 0.361 e. The number of rotatable bonds is 2. The zero-order valence-electron chi connectivity index (χ0n) is 10.9. The summed E-state index contributed by atoms with van der Waals surface area (Å²) in [5.41, 5.74) is 3.71. The maximum atomic E-state index is 12.3. The van der Waals surface area contributed by atoms with Crippen LogP contribution in [-0.4, -0.2) is 26.3 Å². The van der Waals surface area contributed by atoms with Gasteiger partial charge in [0, 0.05) is 23.0 Å². The van der Waals surface area contributed by atoms with Crippen molar-refractivity contribution in [3.05, 3.63) is 54.2 Å². The standard InChI is InChI=1S/C15H11N5O/c21-15(10-2-1-9-5-6-16-13(9)7-10)17-11-3-4-12-14(8-11)19-20-18-12/h1-8,16H,(H,17,21)(H,18,19,20). The number of fused-ring (bicyclic) bond motifs is 2. The van der Waals surface area contributed by atoms with E-state index in [1.165, 1.54) is 0 Å². The van der Waals surface area contributed by atoms with Crippen LogP contribution < -0.4 is 5.32 Å². The topological polar surface area (TPSA) is 86.5 Å². The number of nitrogens with one attached hydrogen (secondary N) is 3. The molecule has 0 radical (unpaired) electrons. The minimum atomic E-state index is -0.158. The van der Waals surface area contributed by atoms with Gasteiger partial charge in [-0.15, -0.1) is 0 Å². The summed E-state index contributed by atoms with van der Waals surface area (Å²) in [4.78, 5) is 15.4. The van der Waals surface area contributed by atoms with Crippen LogP contribution in [0.15, 0.2) is 48.7 Å². The van der Waals surface area contributed by atoms with Crippen LogP contribution in [-0.2, 0) is 0 Å². The number of carbonyl (C=O) groups is 1. The summed E-state index contributed by atoms with van der Waals surface area (Å²) >= 11 is 0. The van der Waals surface area contributed by atoms with Crippen LogP contribution in [0.2, 0.25) is 0 Å². The molecule has 4 aromatic rings. The van der Waals surface area contributed by atoms with Crippen molar-refractivity contribution < 1.29 is 4.79 Å². The molecule has 0 fully saturated rings. The number of carbonyl (C=O) groups excluding carboxylic acids is 1. The molecule has 6 heteroatoms. The molecule has 2 aromatic heterocycles. The van der Waals surface area contributed by atoms with Crippen molar-refractivity contribution in [2.75, 3.05) is 5.32 Å². The molecule has 2 heterocycles. The van der Waals surface area contributed by atoms with E-state index in [1.54, 1.807) is 18.2 Å². The molecule has 0 saturated carbocycles. The Kier molecular flexibility index (Phi) is 2.47. The molecule has 0 aliphatic carbocycles. The van der Waals surface area contributed by atoms with Crippen LogP contribution >= 0.6 is 0 Å². The van der Waals surface area contributed by atoms with Crippen LogP contribution in [0, 0.1) is 0 Å². The van der Waals surface area contributed by atoms with Crippen molar-refractivity contribution in [2.24, 2.45) is 0 Å². The van der Waals surface area contributed by atoms with Gasteiger partial charge in [0.15, 0.2) is 0 Å². The monoisotopic (exact) mass is 277 g/mol. The lowest BCUT2D eigenvalue weighted by Gasteiger charge is -2.05. The van der Waals surface area contributed by atoms with E-state index < -0.39 is 0 Å². The van der Waals surface area contributed by atoms with Crippen molar-refractivity contribution in [3.63, 3.8) is 0 Å². The first-order valence-electron chi connectivity index (χ1n) is 6.49. The summed E-state index contributed by atoms with van der Waals surface area (Å²) in [6.45, 7) is 0. The number of hydrogen-bond donors (Lipinski definition) is 3. The zero-order valence-corrected chi connectivity index (χ0v) is 10.9. The molecule has 0 spiro atoms. The quantitative estimate of drug-likeness (QED) is 0.526. The van der Waals surface area contributed by atoms with Crippen LogP contribution in [0.5, 0.6) is 0 Å². The Bertz CT molecular complexity index is 953. The SMILES string of the molecule is O=C(Nc1ccc2n[nH]nc2c1)c1ccc2cc[nH]c2c1. The fourth-order valence-corrected chi connectivity index (χ4v) is 2.31. The highest BCUT2D eigenvalue weighted by Gasteiger charge is 2.08. The number of nitrogens with zero attached hydrogens (tertiary/aromatic N) is 2. The molecule has 0 bridgehead atoms. The van der Waals surface area contributed by atoms with Gasteiger partial charge in [0.25, 0.3) is 5.91 Å². The van der Waals surface area contributed by atoms with Crippen molar-refractivity contribution in [1.29, 1.82) is 0 Å². The molecular weight excluding hydrogens is 266 g/mol. The molecule has 0 unspecified atom stereocenters. The first-order chi connectivity index (χ1) is 10.3. The first-order valence-corrected chi connectivity index (χ1v) is 6.49. The minimum Gasteiger partial charge on any atom is -0.361 e. The van der Waals surface area contributed by atoms with Gasteiger partial charge in [-0.1, -0.05) is 6.07 Å². The number of H-pyrrole nitrogens is 2. The average Bonchev–Trinajstić information content (AvgIpc) is 3.14. The lowest BCUT2D eigenvalue weighted by Crippen LogP contribution is -2.11. The Morgan fingerprint density at radius 2 is 1.90 bits per heavy atom. The van der Waals surface area contributed by atoms with Gasteiger partial charge in [-0.25, -0.2) is 0 Å². The smallest absolute Gasteiger partial charge is 0.255 e. The van der Waals surface area contributed by atoms with Gasteiger partial charge in [0.05, 0.1) is 0 Å². The van der Waals surface area contributed by atoms with Crippen LogP contribution in [0.3, 0.4) is 0 Å². The Labute approximate surface area is 119 Å². The molecule has 102 valence electrons. The van der Waals surface area contributed by atoms with E-state index in [9.17, 15) is 4.79 Å². The fraction of sp³-hybridized carbons (Fsp3) is 0. The predicted molar refractivity (Wildman–Crippen MR) is 80.1 cm³/mol. The summed E-state index contributed by atoms with van der Waals surface area (Å²) < 4.78 is 0. The molecule has 0 atom stereocenters. The third-order valence-corrected chi connectivity index (χ3v) is 3.39. The molecule has 21 heavy (non-hydrogen) atoms. The van der Waals surface area contributed by atoms with Gasteiger partial charge >= 0.3 is 0 Å². The molecular formula is C15H11N5O. The molecule has 0 saturated heterocycles. The second kappa shape index (κ2) is 4.45. The van der Waals surface area contributed by atoms with Gasteiger partial charge < -0.3 is 10.3 Å². The third-order valence-electron chi connectivity index (χ3n) is 3.39. The Morgan fingerprint density at radius 3 is 2.86 bits per heavy atom. The van der Waals surface area contributed by atoms with Crippen molar-refractivity contribution in [1.82, 2.24) is 20.4 Å². The number of benzene rings is 2. The van der Waals surface area contributed by atoms with E-state index in [0.29, 0.717) is 16.8 Å². The van der Waals surface area contributed by atoms with Gasteiger partial charge in [-0.2, -0.15) is 15.4 Å². The maximum Gasteiger partial charge on any atom is 0.255 e. The maximum absolute atomic E-state index is 12.3. The average molecular weight is 277 g/mol. The molecule has 0 aliphatic heterocycles. The Morgan fingerprint density at radius 1 is 1.00 bits per heavy atom. The molecule has 1 amide bonds. The summed E-state index contributed by atoms with van der Waals surface area (Å²) in [5.74, 6) is -0.158. The fourth-order valence-electron chi connectivity index (χ4n) is 2.31. The van der Waals surface area contributed by atoms with Gasteiger partial charge in [0.1, 0.15) is 11.0 Å². The zero-order chi connectivity index (χ0) is 14.2. The van der Waals surface area contributed by atoms with Crippen molar-refractivity contribution in [3.8, 4) is 0 Å². The predicted octanol–water partition coefficient (Wildman–Crippen LogP) is 2.69. The van der Waals surface area contributed by atoms with E-state index in [1.807, 2.05) is 30.5 Å². The second-order valence-corrected chi connectivity index (χ2v) is 4.76. The molecule has 6 nitrogen and oxygen atoms in total. The van der Waals surface area contributed by atoms with Crippen LogP contribution in [0.25, 0.3) is 21.9 Å². The van der Waals surface area contributed by atoms with Crippen molar-refractivity contribution >= 4 is 33.5 Å². The number of anilines is 1. The summed E-state index contributed by atoms with van der Waals surface area (Å²) in [6.07, 6.45) is 1.85. The first kappa shape index (κ1) is 11.7. The lowest BCUT2D eigenvalue weighted by molar-refractivity contribution is 0.102. The van der Waals surface area contributed by atoms with Gasteiger partial charge in [-0.05, 0) is 41.8 Å². The highest BCUT2D eigenvalue weighted by Crippen LogP contribution is 2.18. The summed E-state index contributed by atoms with van der Waals surface area (Å²) in [5, 5.41) is 14.5. The van der Waals surface area contributed by atoms with Crippen LogP contribution in [0.4, 0.5) is 5.69 Å². The number of aromatic amines is 2. The van der Waals surface area contributed by atoms with E-state index in [2.05, 4.69) is 25.7 Å².